The molecule has 0 saturated heterocycles. The Labute approximate surface area is 124 Å². The molecule has 1 aromatic carbocycles. The summed E-state index contributed by atoms with van der Waals surface area (Å²) in [7, 11) is 2.07. The number of ether oxygens (including phenoxy) is 2. The van der Waals surface area contributed by atoms with Crippen molar-refractivity contribution in [1.29, 1.82) is 0 Å². The largest absolute Gasteiger partial charge is 0.486 e. The first-order valence-electron chi connectivity index (χ1n) is 7.12. The van der Waals surface area contributed by atoms with Gasteiger partial charge < -0.3 is 14.0 Å². The highest BCUT2D eigenvalue weighted by molar-refractivity contribution is 5.40. The van der Waals surface area contributed by atoms with Crippen LogP contribution in [0.2, 0.25) is 0 Å². The lowest BCUT2D eigenvalue weighted by Gasteiger charge is -2.29. The highest BCUT2D eigenvalue weighted by Gasteiger charge is 2.22. The van der Waals surface area contributed by atoms with Crippen LogP contribution in [0.5, 0.6) is 11.5 Å². The molecule has 0 saturated carbocycles. The molecule has 1 aliphatic heterocycles. The van der Waals surface area contributed by atoms with Crippen molar-refractivity contribution in [2.75, 3.05) is 20.2 Å². The van der Waals surface area contributed by atoms with E-state index in [9.17, 15) is 0 Å². The lowest BCUT2D eigenvalue weighted by atomic mass is 10.2. The molecule has 0 fully saturated rings. The van der Waals surface area contributed by atoms with Crippen molar-refractivity contribution in [3.63, 3.8) is 0 Å². The van der Waals surface area contributed by atoms with Crippen LogP contribution < -0.4 is 9.47 Å². The third-order valence-electron chi connectivity index (χ3n) is 3.69. The Hall–Kier alpha value is -2.01. The Bertz CT molecular complexity index is 604. The molecule has 112 valence electrons. The Kier molecular flexibility index (Phi) is 3.84. The minimum Gasteiger partial charge on any atom is -0.486 e. The van der Waals surface area contributed by atoms with Crippen LogP contribution in [0.15, 0.2) is 28.8 Å². The Morgan fingerprint density at radius 3 is 2.71 bits per heavy atom. The maximum Gasteiger partial charge on any atom is 0.161 e. The van der Waals surface area contributed by atoms with Crippen molar-refractivity contribution in [1.82, 2.24) is 10.1 Å². The average Bonchev–Trinajstić information content (AvgIpc) is 2.79. The van der Waals surface area contributed by atoms with E-state index in [0.717, 1.165) is 41.6 Å². The van der Waals surface area contributed by atoms with Gasteiger partial charge in [-0.05, 0) is 33.0 Å². The van der Waals surface area contributed by atoms with Crippen LogP contribution in [0.4, 0.5) is 0 Å². The molecule has 5 heteroatoms. The summed E-state index contributed by atoms with van der Waals surface area (Å²) in [5.41, 5.74) is 2.10. The molecule has 2 heterocycles. The Morgan fingerprint density at radius 2 is 2.00 bits per heavy atom. The van der Waals surface area contributed by atoms with E-state index in [1.807, 2.05) is 38.1 Å². The van der Waals surface area contributed by atoms with Gasteiger partial charge in [-0.3, -0.25) is 4.90 Å². The normalized spacial score (nSPS) is 17.2. The molecule has 1 atom stereocenters. The number of nitrogens with zero attached hydrogens (tertiary/aromatic N) is 2. The second kappa shape index (κ2) is 5.77. The average molecular weight is 288 g/mol. The monoisotopic (exact) mass is 288 g/mol. The van der Waals surface area contributed by atoms with Crippen molar-refractivity contribution in [3.8, 4) is 11.5 Å². The van der Waals surface area contributed by atoms with Crippen LogP contribution >= 0.6 is 0 Å². The number of rotatable bonds is 4. The standard InChI is InChI=1S/C16H20N2O3/c1-11-14(12(2)21-17-11)9-18(3)8-13-10-19-15-6-4-5-7-16(15)20-13/h4-7,13H,8-10H2,1-3H3. The number of hydrogen-bond acceptors (Lipinski definition) is 5. The molecule has 21 heavy (non-hydrogen) atoms. The van der Waals surface area contributed by atoms with E-state index in [0.29, 0.717) is 6.61 Å². The van der Waals surface area contributed by atoms with Gasteiger partial charge in [0.2, 0.25) is 0 Å². The molecule has 0 aliphatic carbocycles. The topological polar surface area (TPSA) is 47.7 Å². The number of fused-ring (bicyclic) bond motifs is 1. The molecule has 1 aromatic heterocycles. The second-order valence-electron chi connectivity index (χ2n) is 5.50. The van der Waals surface area contributed by atoms with Crippen LogP contribution in [0.25, 0.3) is 0 Å². The SMILES string of the molecule is Cc1noc(C)c1CN(C)CC1COc2ccccc2O1. The molecule has 5 nitrogen and oxygen atoms in total. The van der Waals surface area contributed by atoms with Crippen molar-refractivity contribution in [2.45, 2.75) is 26.5 Å². The van der Waals surface area contributed by atoms with Gasteiger partial charge in [0.05, 0.1) is 5.69 Å². The van der Waals surface area contributed by atoms with E-state index in [1.165, 1.54) is 0 Å². The zero-order valence-electron chi connectivity index (χ0n) is 12.6. The molecule has 0 N–H and O–H groups in total. The van der Waals surface area contributed by atoms with Gasteiger partial charge in [0.15, 0.2) is 11.5 Å². The van der Waals surface area contributed by atoms with Gasteiger partial charge in [-0.1, -0.05) is 17.3 Å². The first kappa shape index (κ1) is 13.9. The molecule has 0 bridgehead atoms. The van der Waals surface area contributed by atoms with Crippen LogP contribution in [0, 0.1) is 13.8 Å². The van der Waals surface area contributed by atoms with Gasteiger partial charge >= 0.3 is 0 Å². The smallest absolute Gasteiger partial charge is 0.161 e. The maximum atomic E-state index is 5.98. The minimum atomic E-state index is 0.0328. The van der Waals surface area contributed by atoms with Gasteiger partial charge in [-0.25, -0.2) is 0 Å². The molecular formula is C16H20N2O3. The van der Waals surface area contributed by atoms with Crippen molar-refractivity contribution in [2.24, 2.45) is 0 Å². The van der Waals surface area contributed by atoms with E-state index in [-0.39, 0.29) is 6.10 Å². The fraction of sp³-hybridized carbons (Fsp3) is 0.438. The van der Waals surface area contributed by atoms with E-state index in [4.69, 9.17) is 14.0 Å². The summed E-state index contributed by atoms with van der Waals surface area (Å²) >= 11 is 0. The van der Waals surface area contributed by atoms with E-state index in [1.54, 1.807) is 0 Å². The third kappa shape index (κ3) is 3.03. The van der Waals surface area contributed by atoms with Crippen LogP contribution in [-0.2, 0) is 6.54 Å². The summed E-state index contributed by atoms with van der Waals surface area (Å²) in [5.74, 6) is 2.52. The fourth-order valence-electron chi connectivity index (χ4n) is 2.56. The highest BCUT2D eigenvalue weighted by Crippen LogP contribution is 2.31. The molecular weight excluding hydrogens is 268 g/mol. The number of hydrogen-bond donors (Lipinski definition) is 0. The number of aromatic nitrogens is 1. The molecule has 1 unspecified atom stereocenters. The van der Waals surface area contributed by atoms with Gasteiger partial charge in [0.1, 0.15) is 18.5 Å². The van der Waals surface area contributed by atoms with Crippen molar-refractivity contribution < 1.29 is 14.0 Å². The van der Waals surface area contributed by atoms with Crippen molar-refractivity contribution in [3.05, 3.63) is 41.3 Å². The highest BCUT2D eigenvalue weighted by atomic mass is 16.6. The quantitative estimate of drug-likeness (QED) is 0.865. The second-order valence-corrected chi connectivity index (χ2v) is 5.50. The summed E-state index contributed by atoms with van der Waals surface area (Å²) in [6.07, 6.45) is 0.0328. The van der Waals surface area contributed by atoms with Gasteiger partial charge in [-0.2, -0.15) is 0 Å². The summed E-state index contributed by atoms with van der Waals surface area (Å²) < 4.78 is 16.9. The Balaban J connectivity index is 1.60. The lowest BCUT2D eigenvalue weighted by molar-refractivity contribution is 0.0637. The summed E-state index contributed by atoms with van der Waals surface area (Å²) in [6.45, 7) is 6.07. The molecule has 0 spiro atoms. The van der Waals surface area contributed by atoms with E-state index < -0.39 is 0 Å². The third-order valence-corrected chi connectivity index (χ3v) is 3.69. The molecule has 3 rings (SSSR count). The zero-order valence-corrected chi connectivity index (χ0v) is 12.6. The molecule has 0 amide bonds. The van der Waals surface area contributed by atoms with Crippen molar-refractivity contribution >= 4 is 0 Å². The molecule has 1 aliphatic rings. The predicted octanol–water partition coefficient (Wildman–Crippen LogP) is 2.56. The fourth-order valence-corrected chi connectivity index (χ4v) is 2.56. The number of para-hydroxylation sites is 2. The Morgan fingerprint density at radius 1 is 1.24 bits per heavy atom. The summed E-state index contributed by atoms with van der Waals surface area (Å²) in [5, 5.41) is 3.99. The zero-order chi connectivity index (χ0) is 14.8. The minimum absolute atomic E-state index is 0.0328. The number of benzene rings is 1. The van der Waals surface area contributed by atoms with Gasteiger partial charge in [0, 0.05) is 18.7 Å². The number of likely N-dealkylation sites (N-methyl/N-ethyl adjacent to an activating group) is 1. The summed E-state index contributed by atoms with van der Waals surface area (Å²) in [6, 6.07) is 7.78. The molecule has 0 radical (unpaired) electrons. The predicted molar refractivity (Wildman–Crippen MR) is 78.7 cm³/mol. The van der Waals surface area contributed by atoms with E-state index in [2.05, 4.69) is 17.1 Å². The van der Waals surface area contributed by atoms with Gasteiger partial charge in [0.25, 0.3) is 0 Å². The van der Waals surface area contributed by atoms with E-state index >= 15 is 0 Å². The van der Waals surface area contributed by atoms with Gasteiger partial charge in [-0.15, -0.1) is 0 Å². The molecule has 2 aromatic rings. The summed E-state index contributed by atoms with van der Waals surface area (Å²) in [4.78, 5) is 2.20. The van der Waals surface area contributed by atoms with Crippen LogP contribution in [0.1, 0.15) is 17.0 Å². The van der Waals surface area contributed by atoms with Crippen LogP contribution in [-0.4, -0.2) is 36.4 Å². The first-order chi connectivity index (χ1) is 10.1. The maximum absolute atomic E-state index is 5.98. The lowest BCUT2D eigenvalue weighted by Crippen LogP contribution is -2.39. The van der Waals surface area contributed by atoms with Crippen LogP contribution in [0.3, 0.4) is 0 Å². The first-order valence-corrected chi connectivity index (χ1v) is 7.12. The number of aryl methyl sites for hydroxylation is 2.